The molecule has 208 valence electrons. The van der Waals surface area contributed by atoms with E-state index in [1.165, 1.54) is 55.6 Å². The van der Waals surface area contributed by atoms with E-state index in [-0.39, 0.29) is 21.2 Å². The highest BCUT2D eigenvalue weighted by Gasteiger charge is 2.27. The fourth-order valence-corrected chi connectivity index (χ4v) is 6.50. The number of halogens is 1. The van der Waals surface area contributed by atoms with E-state index in [9.17, 15) is 21.6 Å². The summed E-state index contributed by atoms with van der Waals surface area (Å²) in [5.74, 6) is -0.273. The van der Waals surface area contributed by atoms with Crippen LogP contribution in [0, 0.1) is 6.92 Å². The van der Waals surface area contributed by atoms with Crippen molar-refractivity contribution in [1.29, 1.82) is 0 Å². The molecule has 0 radical (unpaired) electrons. The van der Waals surface area contributed by atoms with Gasteiger partial charge in [-0.15, -0.1) is 0 Å². The summed E-state index contributed by atoms with van der Waals surface area (Å²) in [5.41, 5.74) is 1.63. The second-order valence-electron chi connectivity index (χ2n) is 8.69. The molecule has 0 unspecified atom stereocenters. The molecule has 0 aromatic heterocycles. The van der Waals surface area contributed by atoms with Crippen molar-refractivity contribution in [3.63, 3.8) is 0 Å². The van der Waals surface area contributed by atoms with Gasteiger partial charge >= 0.3 is 0 Å². The first-order chi connectivity index (χ1) is 19.0. The number of sulfonamides is 2. The summed E-state index contributed by atoms with van der Waals surface area (Å²) >= 11 is 6.10. The Morgan fingerprint density at radius 2 is 1.55 bits per heavy atom. The molecule has 0 atom stereocenters. The molecule has 0 aliphatic carbocycles. The normalized spacial score (nSPS) is 11.5. The molecule has 2 N–H and O–H groups in total. The average Bonchev–Trinajstić information content (AvgIpc) is 2.92. The molecule has 1 amide bonds. The Balaban J connectivity index is 1.53. The minimum absolute atomic E-state index is 0.00933. The maximum atomic E-state index is 13.4. The van der Waals surface area contributed by atoms with Crippen molar-refractivity contribution in [2.24, 2.45) is 0 Å². The van der Waals surface area contributed by atoms with Crippen LogP contribution in [0.15, 0.2) is 107 Å². The number of rotatable bonds is 10. The van der Waals surface area contributed by atoms with Gasteiger partial charge in [-0.2, -0.15) is 0 Å². The first kappa shape index (κ1) is 28.9. The Bertz CT molecular complexity index is 1730. The van der Waals surface area contributed by atoms with Gasteiger partial charge in [0.15, 0.2) is 0 Å². The second kappa shape index (κ2) is 12.0. The van der Waals surface area contributed by atoms with Crippen molar-refractivity contribution in [3.05, 3.63) is 108 Å². The van der Waals surface area contributed by atoms with Gasteiger partial charge in [-0.05, 0) is 79.2 Å². The number of nitrogens with zero attached hydrogens (tertiary/aromatic N) is 1. The molecule has 0 heterocycles. The summed E-state index contributed by atoms with van der Waals surface area (Å²) < 4.78 is 61.5. The van der Waals surface area contributed by atoms with Gasteiger partial charge in [0.2, 0.25) is 5.91 Å². The standard InChI is InChI=1S/C28H26ClN3O6S2/c1-20-11-16-27(38-2)26(17-20)31-39(34,35)24-14-12-22(13-15-24)30-28(33)19-32(23-8-6-7-21(29)18-23)40(36,37)25-9-4-3-5-10-25/h3-18,31H,19H2,1-2H3,(H,30,33). The molecular weight excluding hydrogens is 574 g/mol. The number of aryl methyl sites for hydroxylation is 1. The number of carbonyl (C=O) groups excluding carboxylic acids is 1. The van der Waals surface area contributed by atoms with Crippen LogP contribution in [0.4, 0.5) is 17.1 Å². The molecule has 0 aliphatic heterocycles. The van der Waals surface area contributed by atoms with Crippen molar-refractivity contribution < 1.29 is 26.4 Å². The molecular formula is C28H26ClN3O6S2. The molecule has 0 aliphatic rings. The molecule has 4 rings (SSSR count). The van der Waals surface area contributed by atoms with Gasteiger partial charge in [0.25, 0.3) is 20.0 Å². The zero-order valence-electron chi connectivity index (χ0n) is 21.5. The summed E-state index contributed by atoms with van der Waals surface area (Å²) in [4.78, 5) is 13.0. The largest absolute Gasteiger partial charge is 0.495 e. The number of hydrogen-bond donors (Lipinski definition) is 2. The molecule has 4 aromatic carbocycles. The Morgan fingerprint density at radius 3 is 2.20 bits per heavy atom. The molecule has 4 aromatic rings. The van der Waals surface area contributed by atoms with Crippen LogP contribution in [-0.2, 0) is 24.8 Å². The summed E-state index contributed by atoms with van der Waals surface area (Å²) in [6.07, 6.45) is 0. The summed E-state index contributed by atoms with van der Waals surface area (Å²) in [5, 5.41) is 2.93. The predicted octanol–water partition coefficient (Wildman–Crippen LogP) is 5.29. The molecule has 0 bridgehead atoms. The molecule has 40 heavy (non-hydrogen) atoms. The number of benzene rings is 4. The molecule has 9 nitrogen and oxygen atoms in total. The van der Waals surface area contributed by atoms with Crippen LogP contribution >= 0.6 is 11.6 Å². The zero-order valence-corrected chi connectivity index (χ0v) is 23.9. The smallest absolute Gasteiger partial charge is 0.264 e. The van der Waals surface area contributed by atoms with E-state index in [1.807, 2.05) is 6.92 Å². The van der Waals surface area contributed by atoms with E-state index < -0.39 is 32.5 Å². The number of nitrogens with one attached hydrogen (secondary N) is 2. The third-order valence-electron chi connectivity index (χ3n) is 5.76. The van der Waals surface area contributed by atoms with Crippen molar-refractivity contribution in [1.82, 2.24) is 0 Å². The van der Waals surface area contributed by atoms with E-state index in [2.05, 4.69) is 10.0 Å². The Morgan fingerprint density at radius 1 is 0.850 bits per heavy atom. The van der Waals surface area contributed by atoms with E-state index in [0.717, 1.165) is 9.87 Å². The molecule has 0 saturated heterocycles. The van der Waals surface area contributed by atoms with Crippen LogP contribution in [0.1, 0.15) is 5.56 Å². The van der Waals surface area contributed by atoms with Crippen molar-refractivity contribution in [2.75, 3.05) is 28.0 Å². The maximum Gasteiger partial charge on any atom is 0.264 e. The number of methoxy groups -OCH3 is 1. The molecule has 12 heteroatoms. The van der Waals surface area contributed by atoms with Gasteiger partial charge < -0.3 is 10.1 Å². The van der Waals surface area contributed by atoms with Crippen LogP contribution in [0.5, 0.6) is 5.75 Å². The Labute approximate surface area is 238 Å². The lowest BCUT2D eigenvalue weighted by atomic mass is 10.2. The quantitative estimate of drug-likeness (QED) is 0.255. The fraction of sp³-hybridized carbons (Fsp3) is 0.107. The molecule has 0 spiro atoms. The van der Waals surface area contributed by atoms with Gasteiger partial charge in [-0.25, -0.2) is 16.8 Å². The highest BCUT2D eigenvalue weighted by atomic mass is 35.5. The number of anilines is 3. The maximum absolute atomic E-state index is 13.4. The lowest BCUT2D eigenvalue weighted by Crippen LogP contribution is -2.38. The lowest BCUT2D eigenvalue weighted by Gasteiger charge is -2.24. The van der Waals surface area contributed by atoms with Crippen LogP contribution in [-0.4, -0.2) is 36.4 Å². The van der Waals surface area contributed by atoms with Crippen LogP contribution in [0.2, 0.25) is 5.02 Å². The van der Waals surface area contributed by atoms with Gasteiger partial charge in [0.1, 0.15) is 12.3 Å². The van der Waals surface area contributed by atoms with Crippen LogP contribution in [0.3, 0.4) is 0 Å². The van der Waals surface area contributed by atoms with Crippen molar-refractivity contribution in [3.8, 4) is 5.75 Å². The predicted molar refractivity (Wildman–Crippen MR) is 156 cm³/mol. The van der Waals surface area contributed by atoms with Gasteiger partial charge in [0.05, 0.1) is 28.3 Å². The second-order valence-corrected chi connectivity index (χ2v) is 12.7. The first-order valence-corrected chi connectivity index (χ1v) is 15.2. The van der Waals surface area contributed by atoms with E-state index in [0.29, 0.717) is 16.5 Å². The van der Waals surface area contributed by atoms with Crippen molar-refractivity contribution >= 4 is 54.6 Å². The Hall–Kier alpha value is -4.06. The van der Waals surface area contributed by atoms with Crippen LogP contribution in [0.25, 0.3) is 0 Å². The number of carbonyl (C=O) groups is 1. The molecule has 0 saturated carbocycles. The van der Waals surface area contributed by atoms with Gasteiger partial charge in [-0.3, -0.25) is 13.8 Å². The van der Waals surface area contributed by atoms with Gasteiger partial charge in [0, 0.05) is 10.7 Å². The molecule has 0 fully saturated rings. The minimum atomic E-state index is -4.11. The van der Waals surface area contributed by atoms with Crippen molar-refractivity contribution in [2.45, 2.75) is 16.7 Å². The fourth-order valence-electron chi connectivity index (χ4n) is 3.82. The summed E-state index contributed by atoms with van der Waals surface area (Å²) in [6, 6.07) is 24.5. The SMILES string of the molecule is COc1ccc(C)cc1NS(=O)(=O)c1ccc(NC(=O)CN(c2cccc(Cl)c2)S(=O)(=O)c2ccccc2)cc1. The average molecular weight is 600 g/mol. The van der Waals surface area contributed by atoms with E-state index in [4.69, 9.17) is 16.3 Å². The first-order valence-electron chi connectivity index (χ1n) is 11.9. The monoisotopic (exact) mass is 599 g/mol. The van der Waals surface area contributed by atoms with E-state index in [1.54, 1.807) is 48.5 Å². The topological polar surface area (TPSA) is 122 Å². The third-order valence-corrected chi connectivity index (χ3v) is 9.17. The van der Waals surface area contributed by atoms with Crippen LogP contribution < -0.4 is 19.1 Å². The summed E-state index contributed by atoms with van der Waals surface area (Å²) in [7, 11) is -6.62. The number of hydrogen-bond acceptors (Lipinski definition) is 6. The number of ether oxygens (including phenoxy) is 1. The highest BCUT2D eigenvalue weighted by Crippen LogP contribution is 2.29. The number of amides is 1. The highest BCUT2D eigenvalue weighted by molar-refractivity contribution is 7.93. The van der Waals surface area contributed by atoms with E-state index >= 15 is 0 Å². The van der Waals surface area contributed by atoms with Gasteiger partial charge in [-0.1, -0.05) is 41.9 Å². The Kier molecular flexibility index (Phi) is 8.67. The zero-order chi connectivity index (χ0) is 28.9. The third kappa shape index (κ3) is 6.74. The minimum Gasteiger partial charge on any atom is -0.495 e. The lowest BCUT2D eigenvalue weighted by molar-refractivity contribution is -0.114. The summed E-state index contributed by atoms with van der Waals surface area (Å²) in [6.45, 7) is 1.28.